The number of carbonyl (C=O) groups is 2. The van der Waals surface area contributed by atoms with Crippen LogP contribution < -0.4 is 0 Å². The molecule has 7 heteroatoms. The monoisotopic (exact) mass is 423 g/mol. The van der Waals surface area contributed by atoms with Gasteiger partial charge in [-0.2, -0.15) is 0 Å². The molecule has 2 fully saturated rings. The number of benzene rings is 1. The van der Waals surface area contributed by atoms with Crippen LogP contribution in [0.5, 0.6) is 0 Å². The fourth-order valence-electron chi connectivity index (χ4n) is 3.81. The van der Waals surface area contributed by atoms with Gasteiger partial charge in [0.2, 0.25) is 11.8 Å². The van der Waals surface area contributed by atoms with E-state index in [1.807, 2.05) is 47.9 Å². The number of halogens is 1. The van der Waals surface area contributed by atoms with E-state index in [1.54, 1.807) is 11.8 Å². The SMILES string of the molecule is CC[C@@H]1S[C@H](c2ccccc2Cl)N(CCN2CCN(C(=O)C(C)C)CC2)C1=O. The third-order valence-electron chi connectivity index (χ3n) is 5.51. The molecule has 0 unspecified atom stereocenters. The second-order valence-electron chi connectivity index (χ2n) is 7.76. The molecule has 0 saturated carbocycles. The molecule has 3 rings (SSSR count). The van der Waals surface area contributed by atoms with E-state index in [-0.39, 0.29) is 28.4 Å². The predicted octanol–water partition coefficient (Wildman–Crippen LogP) is 3.49. The molecule has 28 heavy (non-hydrogen) atoms. The Bertz CT molecular complexity index is 707. The van der Waals surface area contributed by atoms with Crippen LogP contribution in [0.15, 0.2) is 24.3 Å². The fraction of sp³-hybridized carbons (Fsp3) is 0.619. The van der Waals surface area contributed by atoms with Crippen LogP contribution in [0.3, 0.4) is 0 Å². The summed E-state index contributed by atoms with van der Waals surface area (Å²) in [6.07, 6.45) is 0.830. The lowest BCUT2D eigenvalue weighted by Crippen LogP contribution is -2.51. The van der Waals surface area contributed by atoms with Crippen LogP contribution in [0.25, 0.3) is 0 Å². The summed E-state index contributed by atoms with van der Waals surface area (Å²) in [7, 11) is 0. The zero-order valence-electron chi connectivity index (χ0n) is 16.9. The zero-order valence-corrected chi connectivity index (χ0v) is 18.5. The van der Waals surface area contributed by atoms with Gasteiger partial charge in [0.05, 0.1) is 5.25 Å². The Morgan fingerprint density at radius 2 is 1.86 bits per heavy atom. The van der Waals surface area contributed by atoms with E-state index in [0.29, 0.717) is 6.54 Å². The van der Waals surface area contributed by atoms with Crippen molar-refractivity contribution in [3.8, 4) is 0 Å². The summed E-state index contributed by atoms with van der Waals surface area (Å²) in [5.41, 5.74) is 1.02. The smallest absolute Gasteiger partial charge is 0.236 e. The van der Waals surface area contributed by atoms with Crippen molar-refractivity contribution in [2.45, 2.75) is 37.8 Å². The summed E-state index contributed by atoms with van der Waals surface area (Å²) in [6.45, 7) is 10.7. The van der Waals surface area contributed by atoms with Gasteiger partial charge < -0.3 is 9.80 Å². The van der Waals surface area contributed by atoms with E-state index >= 15 is 0 Å². The molecule has 2 heterocycles. The molecule has 2 aliphatic rings. The molecule has 154 valence electrons. The Morgan fingerprint density at radius 1 is 1.18 bits per heavy atom. The Hall–Kier alpha value is -1.24. The standard InChI is InChI=1S/C21H30ClN3O2S/c1-4-18-20(27)25(21(28-18)16-7-5-6-8-17(16)22)14-11-23-9-12-24(13-10-23)19(26)15(2)3/h5-8,15,18,21H,4,9-14H2,1-3H3/t18-,21+/m0/s1. The normalized spacial score (nSPS) is 23.7. The van der Waals surface area contributed by atoms with Gasteiger partial charge in [-0.05, 0) is 12.5 Å². The molecule has 0 radical (unpaired) electrons. The summed E-state index contributed by atoms with van der Waals surface area (Å²) < 4.78 is 0. The number of carbonyl (C=O) groups excluding carboxylic acids is 2. The Balaban J connectivity index is 1.61. The van der Waals surface area contributed by atoms with Crippen LogP contribution in [0.4, 0.5) is 0 Å². The maximum Gasteiger partial charge on any atom is 0.236 e. The molecule has 2 saturated heterocycles. The van der Waals surface area contributed by atoms with E-state index in [9.17, 15) is 9.59 Å². The van der Waals surface area contributed by atoms with Crippen LogP contribution in [0, 0.1) is 5.92 Å². The number of hydrogen-bond acceptors (Lipinski definition) is 4. The lowest BCUT2D eigenvalue weighted by molar-refractivity contribution is -0.136. The van der Waals surface area contributed by atoms with Crippen molar-refractivity contribution in [2.75, 3.05) is 39.3 Å². The highest BCUT2D eigenvalue weighted by Crippen LogP contribution is 2.45. The number of hydrogen-bond donors (Lipinski definition) is 0. The average molecular weight is 424 g/mol. The third kappa shape index (κ3) is 4.66. The first-order valence-electron chi connectivity index (χ1n) is 10.1. The molecule has 2 amide bonds. The van der Waals surface area contributed by atoms with Gasteiger partial charge in [0, 0.05) is 55.8 Å². The van der Waals surface area contributed by atoms with Crippen molar-refractivity contribution in [1.82, 2.24) is 14.7 Å². The van der Waals surface area contributed by atoms with Crippen molar-refractivity contribution in [1.29, 1.82) is 0 Å². The quantitative estimate of drug-likeness (QED) is 0.702. The zero-order chi connectivity index (χ0) is 20.3. The van der Waals surface area contributed by atoms with Crippen molar-refractivity contribution in [2.24, 2.45) is 5.92 Å². The van der Waals surface area contributed by atoms with Crippen molar-refractivity contribution >= 4 is 35.2 Å². The van der Waals surface area contributed by atoms with Gasteiger partial charge in [0.1, 0.15) is 5.37 Å². The third-order valence-corrected chi connectivity index (χ3v) is 7.49. The van der Waals surface area contributed by atoms with Crippen LogP contribution in [0.2, 0.25) is 5.02 Å². The van der Waals surface area contributed by atoms with Crippen molar-refractivity contribution < 1.29 is 9.59 Å². The van der Waals surface area contributed by atoms with Crippen LogP contribution >= 0.6 is 23.4 Å². The number of amides is 2. The summed E-state index contributed by atoms with van der Waals surface area (Å²) in [6, 6.07) is 7.82. The van der Waals surface area contributed by atoms with Gasteiger partial charge in [-0.3, -0.25) is 14.5 Å². The maximum atomic E-state index is 12.9. The van der Waals surface area contributed by atoms with Gasteiger partial charge in [-0.15, -0.1) is 11.8 Å². The highest BCUT2D eigenvalue weighted by Gasteiger charge is 2.40. The molecular formula is C21H30ClN3O2S. The molecule has 0 bridgehead atoms. The minimum atomic E-state index is -0.0186. The summed E-state index contributed by atoms with van der Waals surface area (Å²) >= 11 is 8.14. The number of nitrogens with zero attached hydrogens (tertiary/aromatic N) is 3. The van der Waals surface area contributed by atoms with Crippen LogP contribution in [0.1, 0.15) is 38.1 Å². The fourth-order valence-corrected chi connectivity index (χ4v) is 5.58. The van der Waals surface area contributed by atoms with E-state index in [1.165, 1.54) is 0 Å². The minimum absolute atomic E-state index is 0.00165. The molecule has 2 aliphatic heterocycles. The first-order chi connectivity index (χ1) is 13.4. The Kier molecular flexibility index (Phi) is 7.29. The van der Waals surface area contributed by atoms with Gasteiger partial charge in [-0.1, -0.05) is 50.6 Å². The number of thioether (sulfide) groups is 1. The van der Waals surface area contributed by atoms with E-state index in [0.717, 1.165) is 49.7 Å². The topological polar surface area (TPSA) is 43.9 Å². The molecule has 5 nitrogen and oxygen atoms in total. The molecule has 0 N–H and O–H groups in total. The van der Waals surface area contributed by atoms with Crippen LogP contribution in [-0.2, 0) is 9.59 Å². The van der Waals surface area contributed by atoms with Crippen molar-refractivity contribution in [3.05, 3.63) is 34.9 Å². The molecule has 0 spiro atoms. The first kappa shape index (κ1) is 21.5. The molecule has 2 atom stereocenters. The van der Waals surface area contributed by atoms with E-state index in [4.69, 9.17) is 11.6 Å². The highest BCUT2D eigenvalue weighted by atomic mass is 35.5. The average Bonchev–Trinajstić information content (AvgIpc) is 3.02. The first-order valence-corrected chi connectivity index (χ1v) is 11.5. The highest BCUT2D eigenvalue weighted by molar-refractivity contribution is 8.01. The second kappa shape index (κ2) is 9.51. The van der Waals surface area contributed by atoms with Crippen LogP contribution in [-0.4, -0.2) is 71.0 Å². The predicted molar refractivity (Wildman–Crippen MR) is 115 cm³/mol. The van der Waals surface area contributed by atoms with Crippen molar-refractivity contribution in [3.63, 3.8) is 0 Å². The molecule has 0 aromatic heterocycles. The minimum Gasteiger partial charge on any atom is -0.340 e. The summed E-state index contributed by atoms with van der Waals surface area (Å²) in [5, 5.41) is 0.701. The maximum absolute atomic E-state index is 12.9. The summed E-state index contributed by atoms with van der Waals surface area (Å²) in [5.74, 6) is 0.495. The Morgan fingerprint density at radius 3 is 2.46 bits per heavy atom. The van der Waals surface area contributed by atoms with Gasteiger partial charge in [0.15, 0.2) is 0 Å². The number of piperazine rings is 1. The number of rotatable bonds is 6. The Labute approximate surface area is 177 Å². The molecule has 1 aromatic carbocycles. The lowest BCUT2D eigenvalue weighted by atomic mass is 10.1. The van der Waals surface area contributed by atoms with E-state index in [2.05, 4.69) is 11.8 Å². The lowest BCUT2D eigenvalue weighted by Gasteiger charge is -2.36. The second-order valence-corrected chi connectivity index (χ2v) is 9.46. The molecule has 0 aliphatic carbocycles. The molecular weight excluding hydrogens is 394 g/mol. The molecule has 1 aromatic rings. The van der Waals surface area contributed by atoms with Gasteiger partial charge in [0.25, 0.3) is 0 Å². The largest absolute Gasteiger partial charge is 0.340 e. The summed E-state index contributed by atoms with van der Waals surface area (Å²) in [4.78, 5) is 31.4. The van der Waals surface area contributed by atoms with Gasteiger partial charge >= 0.3 is 0 Å². The van der Waals surface area contributed by atoms with Gasteiger partial charge in [-0.25, -0.2) is 0 Å². The van der Waals surface area contributed by atoms with E-state index < -0.39 is 0 Å².